The Morgan fingerprint density at radius 3 is 2.39 bits per heavy atom. The summed E-state index contributed by atoms with van der Waals surface area (Å²) in [6.07, 6.45) is 0.415. The fourth-order valence-electron chi connectivity index (χ4n) is 3.03. The molecule has 4 N–H and O–H groups in total. The zero-order valence-corrected chi connectivity index (χ0v) is 15.3. The van der Waals surface area contributed by atoms with Crippen LogP contribution in [0.4, 0.5) is 36.2 Å². The molecule has 1 aliphatic heterocycles. The highest BCUT2D eigenvalue weighted by Gasteiger charge is 2.30. The van der Waals surface area contributed by atoms with E-state index in [4.69, 9.17) is 5.73 Å². The molecule has 1 aromatic carbocycles. The van der Waals surface area contributed by atoms with Crippen molar-refractivity contribution in [2.24, 2.45) is 0 Å². The Balaban J connectivity index is 1.57. The number of rotatable bonds is 7. The predicted octanol–water partition coefficient (Wildman–Crippen LogP) is 3.60. The Labute approximate surface area is 161 Å². The highest BCUT2D eigenvalue weighted by atomic mass is 19.4. The van der Waals surface area contributed by atoms with Crippen molar-refractivity contribution in [3.63, 3.8) is 0 Å². The fourth-order valence-corrected chi connectivity index (χ4v) is 3.03. The van der Waals surface area contributed by atoms with Gasteiger partial charge in [-0.1, -0.05) is 6.42 Å². The maximum absolute atomic E-state index is 12.2. The number of hydrogen-bond donors (Lipinski definition) is 3. The number of likely N-dealkylation sites (tertiary alicyclic amines) is 1. The van der Waals surface area contributed by atoms with Gasteiger partial charge in [0.05, 0.1) is 0 Å². The molecular formula is C18H23F3N6O. The van der Waals surface area contributed by atoms with Crippen LogP contribution in [0.2, 0.25) is 0 Å². The van der Waals surface area contributed by atoms with Gasteiger partial charge >= 0.3 is 6.36 Å². The number of aromatic nitrogens is 2. The molecule has 1 aliphatic rings. The summed E-state index contributed by atoms with van der Waals surface area (Å²) in [7, 11) is 0. The van der Waals surface area contributed by atoms with E-state index < -0.39 is 6.36 Å². The number of nitrogens with two attached hydrogens (primary N) is 1. The van der Waals surface area contributed by atoms with E-state index in [0.29, 0.717) is 29.6 Å². The number of anilines is 4. The molecule has 1 saturated heterocycles. The molecule has 7 nitrogen and oxygen atoms in total. The molecule has 10 heteroatoms. The first-order valence-electron chi connectivity index (χ1n) is 9.10. The van der Waals surface area contributed by atoms with Gasteiger partial charge in [-0.05, 0) is 50.2 Å². The van der Waals surface area contributed by atoms with Crippen molar-refractivity contribution >= 4 is 23.0 Å². The van der Waals surface area contributed by atoms with Crippen LogP contribution in [0.1, 0.15) is 19.3 Å². The first kappa shape index (κ1) is 20.0. The second-order valence-corrected chi connectivity index (χ2v) is 6.51. The minimum absolute atomic E-state index is 0.297. The van der Waals surface area contributed by atoms with Crippen molar-refractivity contribution in [3.05, 3.63) is 30.6 Å². The van der Waals surface area contributed by atoms with Crippen LogP contribution < -0.4 is 21.1 Å². The van der Waals surface area contributed by atoms with Crippen molar-refractivity contribution in [2.75, 3.05) is 42.5 Å². The number of benzene rings is 1. The van der Waals surface area contributed by atoms with Crippen LogP contribution in [0.3, 0.4) is 0 Å². The van der Waals surface area contributed by atoms with E-state index in [1.807, 2.05) is 0 Å². The molecule has 1 aromatic heterocycles. The van der Waals surface area contributed by atoms with Gasteiger partial charge in [0, 0.05) is 18.8 Å². The molecule has 2 aromatic rings. The van der Waals surface area contributed by atoms with E-state index in [1.54, 1.807) is 0 Å². The van der Waals surface area contributed by atoms with Crippen molar-refractivity contribution in [3.8, 4) is 5.75 Å². The number of halogens is 3. The van der Waals surface area contributed by atoms with Crippen LogP contribution in [0.5, 0.6) is 5.75 Å². The van der Waals surface area contributed by atoms with Gasteiger partial charge in [0.1, 0.15) is 17.8 Å². The van der Waals surface area contributed by atoms with Gasteiger partial charge in [-0.2, -0.15) is 0 Å². The molecule has 0 bridgehead atoms. The summed E-state index contributed by atoms with van der Waals surface area (Å²) in [5.74, 6) is 0.597. The van der Waals surface area contributed by atoms with Gasteiger partial charge < -0.3 is 26.0 Å². The summed E-state index contributed by atoms with van der Waals surface area (Å²) in [6.45, 7) is 3.85. The standard InChI is InChI=1S/C18H23F3N6O/c19-18(20,21)28-14-6-4-13(5-7-14)26-17-15(22)16(24-12-25-17)23-8-11-27-9-2-1-3-10-27/h4-7,12H,1-3,8-11,22H2,(H2,23,24,25,26). The smallest absolute Gasteiger partial charge is 0.406 e. The lowest BCUT2D eigenvalue weighted by molar-refractivity contribution is -0.274. The minimum Gasteiger partial charge on any atom is -0.406 e. The molecule has 0 saturated carbocycles. The average molecular weight is 396 g/mol. The molecule has 2 heterocycles. The zero-order valence-electron chi connectivity index (χ0n) is 15.3. The monoisotopic (exact) mass is 396 g/mol. The lowest BCUT2D eigenvalue weighted by Gasteiger charge is -2.26. The molecule has 0 amide bonds. The number of piperidine rings is 1. The number of nitrogen functional groups attached to an aromatic ring is 1. The average Bonchev–Trinajstić information content (AvgIpc) is 2.66. The third kappa shape index (κ3) is 5.88. The molecule has 0 aliphatic carbocycles. The SMILES string of the molecule is Nc1c(NCCN2CCCCC2)ncnc1Nc1ccc(OC(F)(F)F)cc1. The van der Waals surface area contributed by atoms with Gasteiger partial charge in [0.15, 0.2) is 11.6 Å². The quantitative estimate of drug-likeness (QED) is 0.659. The molecule has 0 unspecified atom stereocenters. The van der Waals surface area contributed by atoms with Crippen molar-refractivity contribution in [1.82, 2.24) is 14.9 Å². The number of alkyl halides is 3. The molecule has 0 atom stereocenters. The second-order valence-electron chi connectivity index (χ2n) is 6.51. The highest BCUT2D eigenvalue weighted by molar-refractivity contribution is 5.77. The predicted molar refractivity (Wildman–Crippen MR) is 102 cm³/mol. The maximum atomic E-state index is 12.2. The Hall–Kier alpha value is -2.75. The van der Waals surface area contributed by atoms with Crippen LogP contribution in [-0.2, 0) is 0 Å². The van der Waals surface area contributed by atoms with Gasteiger partial charge in [0.25, 0.3) is 0 Å². The molecule has 0 radical (unpaired) electrons. The normalized spacial score (nSPS) is 15.2. The van der Waals surface area contributed by atoms with E-state index in [0.717, 1.165) is 19.6 Å². The first-order valence-corrected chi connectivity index (χ1v) is 9.10. The molecule has 28 heavy (non-hydrogen) atoms. The van der Waals surface area contributed by atoms with E-state index in [1.165, 1.54) is 49.9 Å². The molecule has 1 fully saturated rings. The van der Waals surface area contributed by atoms with E-state index in [2.05, 4.69) is 30.2 Å². The summed E-state index contributed by atoms with van der Waals surface area (Å²) in [5.41, 5.74) is 7.00. The van der Waals surface area contributed by atoms with Crippen molar-refractivity contribution < 1.29 is 17.9 Å². The van der Waals surface area contributed by atoms with E-state index >= 15 is 0 Å². The number of nitrogens with one attached hydrogen (secondary N) is 2. The Morgan fingerprint density at radius 1 is 1.04 bits per heavy atom. The van der Waals surface area contributed by atoms with Crippen LogP contribution >= 0.6 is 0 Å². The van der Waals surface area contributed by atoms with Gasteiger partial charge in [-0.25, -0.2) is 9.97 Å². The number of nitrogens with zero attached hydrogens (tertiary/aromatic N) is 3. The first-order chi connectivity index (χ1) is 13.4. The van der Waals surface area contributed by atoms with E-state index in [-0.39, 0.29) is 5.75 Å². The van der Waals surface area contributed by atoms with Gasteiger partial charge in [-0.15, -0.1) is 13.2 Å². The molecule has 152 valence electrons. The summed E-state index contributed by atoms with van der Waals surface area (Å²) < 4.78 is 40.5. The summed E-state index contributed by atoms with van der Waals surface area (Å²) in [5, 5.41) is 6.20. The lowest BCUT2D eigenvalue weighted by atomic mass is 10.1. The lowest BCUT2D eigenvalue weighted by Crippen LogP contribution is -2.33. The molecular weight excluding hydrogens is 373 g/mol. The number of hydrogen-bond acceptors (Lipinski definition) is 7. The van der Waals surface area contributed by atoms with E-state index in [9.17, 15) is 13.2 Å². The van der Waals surface area contributed by atoms with Gasteiger partial charge in [0.2, 0.25) is 0 Å². The minimum atomic E-state index is -4.72. The summed E-state index contributed by atoms with van der Waals surface area (Å²) in [4.78, 5) is 10.7. The Kier molecular flexibility index (Phi) is 6.40. The number of ether oxygens (including phenoxy) is 1. The molecule has 0 spiro atoms. The molecule has 3 rings (SSSR count). The summed E-state index contributed by atoms with van der Waals surface area (Å²) >= 11 is 0. The van der Waals surface area contributed by atoms with Crippen LogP contribution in [0.25, 0.3) is 0 Å². The third-order valence-electron chi connectivity index (χ3n) is 4.40. The van der Waals surface area contributed by atoms with Crippen LogP contribution in [-0.4, -0.2) is 47.4 Å². The van der Waals surface area contributed by atoms with Crippen LogP contribution in [0.15, 0.2) is 30.6 Å². The highest BCUT2D eigenvalue weighted by Crippen LogP contribution is 2.28. The zero-order chi connectivity index (χ0) is 20.0. The maximum Gasteiger partial charge on any atom is 0.573 e. The Morgan fingerprint density at radius 2 is 1.71 bits per heavy atom. The van der Waals surface area contributed by atoms with Crippen molar-refractivity contribution in [2.45, 2.75) is 25.6 Å². The Bertz CT molecular complexity index is 763. The van der Waals surface area contributed by atoms with Crippen molar-refractivity contribution in [1.29, 1.82) is 0 Å². The largest absolute Gasteiger partial charge is 0.573 e. The topological polar surface area (TPSA) is 88.3 Å². The van der Waals surface area contributed by atoms with Gasteiger partial charge in [-0.3, -0.25) is 0 Å². The fraction of sp³-hybridized carbons (Fsp3) is 0.444. The third-order valence-corrected chi connectivity index (χ3v) is 4.40. The second kappa shape index (κ2) is 8.96. The van der Waals surface area contributed by atoms with Crippen LogP contribution in [0, 0.1) is 0 Å². The summed E-state index contributed by atoms with van der Waals surface area (Å²) in [6, 6.07) is 5.33.